The molecule has 2 aliphatic rings. The second kappa shape index (κ2) is 8.13. The van der Waals surface area contributed by atoms with Crippen LogP contribution in [-0.4, -0.2) is 30.4 Å². The molecule has 0 saturated carbocycles. The second-order valence-corrected chi connectivity index (χ2v) is 7.54. The quantitative estimate of drug-likeness (QED) is 0.738. The van der Waals surface area contributed by atoms with Gasteiger partial charge >= 0.3 is 0 Å². The van der Waals surface area contributed by atoms with Crippen molar-refractivity contribution in [3.63, 3.8) is 0 Å². The van der Waals surface area contributed by atoms with Crippen LogP contribution >= 0.6 is 0 Å². The lowest BCUT2D eigenvalue weighted by atomic mass is 9.89. The molecular formula is C23H25FN2O. The van der Waals surface area contributed by atoms with Crippen molar-refractivity contribution in [2.24, 2.45) is 4.99 Å². The maximum atomic E-state index is 13.1. The zero-order chi connectivity index (χ0) is 18.6. The van der Waals surface area contributed by atoms with Crippen molar-refractivity contribution in [1.82, 2.24) is 4.90 Å². The molecule has 140 valence electrons. The lowest BCUT2D eigenvalue weighted by molar-refractivity contribution is -0.112. The van der Waals surface area contributed by atoms with Crippen LogP contribution in [-0.2, 0) is 4.79 Å². The summed E-state index contributed by atoms with van der Waals surface area (Å²) in [5, 5.41) is 1.84. The zero-order valence-electron chi connectivity index (χ0n) is 15.5. The minimum atomic E-state index is -0.162. The highest BCUT2D eigenvalue weighted by Gasteiger charge is 2.20. The molecule has 0 atom stereocenters. The van der Waals surface area contributed by atoms with E-state index in [1.807, 2.05) is 36.4 Å². The van der Waals surface area contributed by atoms with Crippen LogP contribution < -0.4 is 10.6 Å². The molecule has 27 heavy (non-hydrogen) atoms. The van der Waals surface area contributed by atoms with Gasteiger partial charge in [0.05, 0.1) is 5.36 Å². The number of nitrogens with zero attached hydrogens (tertiary/aromatic N) is 2. The average Bonchev–Trinajstić information content (AvgIpc) is 3.02. The molecular weight excluding hydrogens is 339 g/mol. The number of para-hydroxylation sites is 1. The van der Waals surface area contributed by atoms with Crippen LogP contribution in [0.4, 0.5) is 4.39 Å². The molecule has 3 nitrogen and oxygen atoms in total. The largest absolute Gasteiger partial charge is 0.303 e. The standard InChI is InChI=1S/C23H25FN2O/c24-19-10-8-17(9-11-19)18-12-15-26(16-13-18)14-4-3-6-21-20-5-1-2-7-22(20)25-23(21)27/h1-2,5,7-11,18H,3-4,6,12-16H2. The summed E-state index contributed by atoms with van der Waals surface area (Å²) in [4.78, 5) is 18.7. The number of rotatable bonds is 6. The Hall–Kier alpha value is -2.33. The zero-order valence-corrected chi connectivity index (χ0v) is 15.5. The third-order valence-electron chi connectivity index (χ3n) is 5.79. The molecule has 2 heterocycles. The van der Waals surface area contributed by atoms with E-state index in [9.17, 15) is 9.18 Å². The molecule has 0 bridgehead atoms. The van der Waals surface area contributed by atoms with Crippen LogP contribution in [0.2, 0.25) is 0 Å². The van der Waals surface area contributed by atoms with E-state index in [-0.39, 0.29) is 11.7 Å². The van der Waals surface area contributed by atoms with Crippen LogP contribution in [0.15, 0.2) is 53.5 Å². The Labute approximate surface area is 159 Å². The van der Waals surface area contributed by atoms with Crippen molar-refractivity contribution >= 4 is 11.5 Å². The molecule has 2 aromatic rings. The van der Waals surface area contributed by atoms with Gasteiger partial charge in [-0.25, -0.2) is 9.38 Å². The first kappa shape index (κ1) is 18.1. The fourth-order valence-corrected chi connectivity index (χ4v) is 4.22. The Morgan fingerprint density at radius 1 is 1.00 bits per heavy atom. The number of likely N-dealkylation sites (tertiary alicyclic amines) is 1. The van der Waals surface area contributed by atoms with Gasteiger partial charge in [0.15, 0.2) is 0 Å². The van der Waals surface area contributed by atoms with Crippen LogP contribution in [0.5, 0.6) is 0 Å². The first-order valence-corrected chi connectivity index (χ1v) is 9.90. The Bertz CT molecular complexity index is 928. The van der Waals surface area contributed by atoms with Gasteiger partial charge in [0.25, 0.3) is 5.91 Å². The molecule has 0 aliphatic carbocycles. The normalized spacial score (nSPS) is 17.8. The highest BCUT2D eigenvalue weighted by atomic mass is 19.1. The summed E-state index contributed by atoms with van der Waals surface area (Å²) in [7, 11) is 0. The van der Waals surface area contributed by atoms with E-state index in [0.29, 0.717) is 5.92 Å². The number of hydrogen-bond acceptors (Lipinski definition) is 2. The monoisotopic (exact) mass is 364 g/mol. The topological polar surface area (TPSA) is 32.7 Å². The van der Waals surface area contributed by atoms with Gasteiger partial charge in [-0.1, -0.05) is 30.3 Å². The van der Waals surface area contributed by atoms with Crippen molar-refractivity contribution in [2.75, 3.05) is 19.6 Å². The lowest BCUT2D eigenvalue weighted by Crippen LogP contribution is -2.33. The Morgan fingerprint density at radius 2 is 1.74 bits per heavy atom. The van der Waals surface area contributed by atoms with Gasteiger partial charge in [-0.15, -0.1) is 0 Å². The molecule has 2 aromatic carbocycles. The molecule has 0 unspecified atom stereocenters. The van der Waals surface area contributed by atoms with E-state index >= 15 is 0 Å². The van der Waals surface area contributed by atoms with E-state index in [1.165, 1.54) is 5.56 Å². The number of carbonyl (C=O) groups excluding carboxylic acids is 1. The smallest absolute Gasteiger partial charge is 0.274 e. The fourth-order valence-electron chi connectivity index (χ4n) is 4.22. The predicted octanol–water partition coefficient (Wildman–Crippen LogP) is 3.19. The Morgan fingerprint density at radius 3 is 2.52 bits per heavy atom. The molecule has 2 aliphatic heterocycles. The van der Waals surface area contributed by atoms with Crippen LogP contribution in [0.3, 0.4) is 0 Å². The summed E-state index contributed by atoms with van der Waals surface area (Å²) in [6.45, 7) is 3.27. The molecule has 4 heteroatoms. The van der Waals surface area contributed by atoms with Crippen LogP contribution in [0.1, 0.15) is 43.6 Å². The highest BCUT2D eigenvalue weighted by Crippen LogP contribution is 2.28. The number of halogens is 1. The van der Waals surface area contributed by atoms with E-state index in [2.05, 4.69) is 9.89 Å². The van der Waals surface area contributed by atoms with Gasteiger partial charge in [-0.3, -0.25) is 4.79 Å². The summed E-state index contributed by atoms with van der Waals surface area (Å²) < 4.78 is 13.1. The number of carbonyl (C=O) groups is 1. The third kappa shape index (κ3) is 4.16. The molecule has 0 spiro atoms. The van der Waals surface area contributed by atoms with Gasteiger partial charge in [-0.2, -0.15) is 0 Å². The Kier molecular flexibility index (Phi) is 5.44. The van der Waals surface area contributed by atoms with Crippen molar-refractivity contribution in [3.8, 4) is 0 Å². The average molecular weight is 364 g/mol. The molecule has 0 N–H and O–H groups in total. The minimum Gasteiger partial charge on any atom is -0.303 e. The van der Waals surface area contributed by atoms with E-state index in [1.54, 1.807) is 12.1 Å². The van der Waals surface area contributed by atoms with Gasteiger partial charge in [0.1, 0.15) is 5.82 Å². The number of fused-ring (bicyclic) bond motifs is 1. The van der Waals surface area contributed by atoms with Gasteiger partial charge in [-0.05, 0) is 81.4 Å². The SMILES string of the molecule is O=C1N=c2ccccc2=C1CCCCN1CCC(c2ccc(F)cc2)CC1. The van der Waals surface area contributed by atoms with E-state index < -0.39 is 0 Å². The first-order valence-electron chi connectivity index (χ1n) is 9.90. The number of piperidine rings is 1. The number of unbranched alkanes of at least 4 members (excludes halogenated alkanes) is 1. The van der Waals surface area contributed by atoms with Gasteiger partial charge in [0, 0.05) is 10.8 Å². The number of amides is 1. The maximum absolute atomic E-state index is 13.1. The molecule has 0 radical (unpaired) electrons. The van der Waals surface area contributed by atoms with Crippen molar-refractivity contribution in [1.29, 1.82) is 0 Å². The van der Waals surface area contributed by atoms with E-state index in [4.69, 9.17) is 0 Å². The minimum absolute atomic E-state index is 0.0590. The fraction of sp³-hybridized carbons (Fsp3) is 0.391. The first-order chi connectivity index (χ1) is 13.2. The number of hydrogen-bond donors (Lipinski definition) is 0. The summed E-state index contributed by atoms with van der Waals surface area (Å²) in [6.07, 6.45) is 5.19. The summed E-state index contributed by atoms with van der Waals surface area (Å²) in [5.74, 6) is 0.327. The second-order valence-electron chi connectivity index (χ2n) is 7.54. The van der Waals surface area contributed by atoms with Crippen LogP contribution in [0, 0.1) is 5.82 Å². The number of benzene rings is 2. The maximum Gasteiger partial charge on any atom is 0.274 e. The van der Waals surface area contributed by atoms with E-state index in [0.717, 1.165) is 67.9 Å². The lowest BCUT2D eigenvalue weighted by Gasteiger charge is -2.32. The van der Waals surface area contributed by atoms with Gasteiger partial charge < -0.3 is 4.90 Å². The summed E-state index contributed by atoms with van der Waals surface area (Å²) in [6, 6.07) is 14.8. The predicted molar refractivity (Wildman–Crippen MR) is 104 cm³/mol. The molecule has 1 saturated heterocycles. The van der Waals surface area contributed by atoms with Gasteiger partial charge in [0.2, 0.25) is 0 Å². The molecule has 1 amide bonds. The van der Waals surface area contributed by atoms with Crippen LogP contribution in [0.25, 0.3) is 5.57 Å². The Balaban J connectivity index is 1.23. The van der Waals surface area contributed by atoms with Crippen molar-refractivity contribution in [2.45, 2.75) is 38.0 Å². The van der Waals surface area contributed by atoms with Crippen molar-refractivity contribution in [3.05, 3.63) is 70.5 Å². The molecule has 1 fully saturated rings. The highest BCUT2D eigenvalue weighted by molar-refractivity contribution is 6.15. The van der Waals surface area contributed by atoms with Crippen molar-refractivity contribution < 1.29 is 9.18 Å². The third-order valence-corrected chi connectivity index (χ3v) is 5.79. The molecule has 0 aromatic heterocycles. The molecule has 4 rings (SSSR count). The summed E-state index contributed by atoms with van der Waals surface area (Å²) >= 11 is 0. The summed E-state index contributed by atoms with van der Waals surface area (Å²) in [5.41, 5.74) is 2.13.